The number of hydrogen-bond acceptors (Lipinski definition) is 5. The number of anilines is 1. The summed E-state index contributed by atoms with van der Waals surface area (Å²) in [6.07, 6.45) is 0.845. The molecule has 30 heavy (non-hydrogen) atoms. The highest BCUT2D eigenvalue weighted by atomic mass is 79.9. The lowest BCUT2D eigenvalue weighted by Crippen LogP contribution is -2.42. The fraction of sp³-hybridized carbons (Fsp3) is 0.333. The molecule has 0 spiro atoms. The number of para-hydroxylation sites is 1. The van der Waals surface area contributed by atoms with Crippen LogP contribution in [0.4, 0.5) is 5.69 Å². The van der Waals surface area contributed by atoms with Gasteiger partial charge in [0.2, 0.25) is 15.9 Å². The Hall–Kier alpha value is -2.23. The summed E-state index contributed by atoms with van der Waals surface area (Å²) < 4.78 is 32.5. The fourth-order valence-electron chi connectivity index (χ4n) is 3.39. The molecule has 160 valence electrons. The molecule has 1 fully saturated rings. The van der Waals surface area contributed by atoms with E-state index in [2.05, 4.69) is 21.2 Å². The van der Waals surface area contributed by atoms with Crippen molar-refractivity contribution >= 4 is 43.5 Å². The number of carbonyl (C=O) groups is 2. The molecular formula is C21H23BrN2O5S. The molecule has 0 bridgehead atoms. The van der Waals surface area contributed by atoms with E-state index in [1.54, 1.807) is 36.4 Å². The molecule has 1 amide bonds. The smallest absolute Gasteiger partial charge is 0.339 e. The summed E-state index contributed by atoms with van der Waals surface area (Å²) in [5, 5.41) is 2.78. The largest absolute Gasteiger partial charge is 0.465 e. The second kappa shape index (κ2) is 9.72. The molecule has 9 heteroatoms. The van der Waals surface area contributed by atoms with Gasteiger partial charge in [-0.15, -0.1) is 0 Å². The third kappa shape index (κ3) is 5.47. The van der Waals surface area contributed by atoms with Gasteiger partial charge in [0.25, 0.3) is 0 Å². The summed E-state index contributed by atoms with van der Waals surface area (Å²) in [5.74, 6) is -1.14. The highest BCUT2D eigenvalue weighted by Crippen LogP contribution is 2.24. The molecule has 0 aliphatic carbocycles. The fourth-order valence-corrected chi connectivity index (χ4v) is 5.22. The zero-order valence-electron chi connectivity index (χ0n) is 16.5. The number of hydrogen-bond donors (Lipinski definition) is 1. The zero-order chi connectivity index (χ0) is 21.7. The van der Waals surface area contributed by atoms with Gasteiger partial charge in [0.15, 0.2) is 0 Å². The van der Waals surface area contributed by atoms with Gasteiger partial charge >= 0.3 is 5.97 Å². The molecule has 2 aromatic carbocycles. The van der Waals surface area contributed by atoms with E-state index in [-0.39, 0.29) is 36.2 Å². The lowest BCUT2D eigenvalue weighted by molar-refractivity contribution is -0.120. The first kappa shape index (κ1) is 22.5. The maximum absolute atomic E-state index is 12.7. The van der Waals surface area contributed by atoms with Gasteiger partial charge < -0.3 is 10.1 Å². The summed E-state index contributed by atoms with van der Waals surface area (Å²) in [5.41, 5.74) is 1.39. The molecular weight excluding hydrogens is 472 g/mol. The number of piperidine rings is 1. The zero-order valence-corrected chi connectivity index (χ0v) is 18.9. The highest BCUT2D eigenvalue weighted by Gasteiger charge is 2.31. The Kier molecular flexibility index (Phi) is 7.27. The van der Waals surface area contributed by atoms with Crippen LogP contribution in [0, 0.1) is 5.92 Å². The van der Waals surface area contributed by atoms with E-state index in [1.807, 2.05) is 12.1 Å². The van der Waals surface area contributed by atoms with Crippen LogP contribution in [-0.2, 0) is 25.3 Å². The second-order valence-electron chi connectivity index (χ2n) is 7.08. The molecule has 7 nitrogen and oxygen atoms in total. The number of rotatable bonds is 6. The minimum absolute atomic E-state index is 0.0658. The van der Waals surface area contributed by atoms with Crippen molar-refractivity contribution in [3.8, 4) is 0 Å². The SMILES string of the molecule is COC(=O)c1ccccc1NC(=O)C1CCN(S(=O)(=O)Cc2ccc(Br)cc2)CC1. The van der Waals surface area contributed by atoms with Crippen LogP contribution in [-0.4, -0.2) is 44.8 Å². The average Bonchev–Trinajstić information content (AvgIpc) is 2.75. The van der Waals surface area contributed by atoms with Gasteiger partial charge in [0, 0.05) is 23.5 Å². The maximum Gasteiger partial charge on any atom is 0.339 e. The number of methoxy groups -OCH3 is 1. The average molecular weight is 495 g/mol. The minimum Gasteiger partial charge on any atom is -0.465 e. The van der Waals surface area contributed by atoms with E-state index >= 15 is 0 Å². The number of carbonyl (C=O) groups excluding carboxylic acids is 2. The van der Waals surface area contributed by atoms with Crippen molar-refractivity contribution in [1.29, 1.82) is 0 Å². The monoisotopic (exact) mass is 494 g/mol. The topological polar surface area (TPSA) is 92.8 Å². The lowest BCUT2D eigenvalue weighted by atomic mass is 9.97. The molecule has 0 saturated carbocycles. The van der Waals surface area contributed by atoms with Crippen LogP contribution in [0.3, 0.4) is 0 Å². The Balaban J connectivity index is 1.59. The summed E-state index contributed by atoms with van der Waals surface area (Å²) >= 11 is 3.34. The second-order valence-corrected chi connectivity index (χ2v) is 9.97. The Labute approximate surface area is 184 Å². The van der Waals surface area contributed by atoms with Crippen molar-refractivity contribution in [2.45, 2.75) is 18.6 Å². The van der Waals surface area contributed by atoms with Gasteiger partial charge in [-0.1, -0.05) is 40.2 Å². The first-order chi connectivity index (χ1) is 14.3. The summed E-state index contributed by atoms with van der Waals surface area (Å²) in [4.78, 5) is 24.5. The van der Waals surface area contributed by atoms with Crippen molar-refractivity contribution in [3.05, 3.63) is 64.1 Å². The quantitative estimate of drug-likeness (QED) is 0.621. The van der Waals surface area contributed by atoms with Crippen LogP contribution in [0.2, 0.25) is 0 Å². The number of nitrogens with zero attached hydrogens (tertiary/aromatic N) is 1. The Morgan fingerprint density at radius 2 is 1.73 bits per heavy atom. The molecule has 1 N–H and O–H groups in total. The third-order valence-electron chi connectivity index (χ3n) is 5.07. The Morgan fingerprint density at radius 3 is 2.37 bits per heavy atom. The predicted molar refractivity (Wildman–Crippen MR) is 117 cm³/mol. The van der Waals surface area contributed by atoms with E-state index in [0.29, 0.717) is 18.5 Å². The molecule has 3 rings (SSSR count). The number of benzene rings is 2. The van der Waals surface area contributed by atoms with Crippen LogP contribution >= 0.6 is 15.9 Å². The molecule has 1 heterocycles. The summed E-state index contributed by atoms with van der Waals surface area (Å²) in [6, 6.07) is 13.8. The lowest BCUT2D eigenvalue weighted by Gasteiger charge is -2.30. The van der Waals surface area contributed by atoms with Gasteiger partial charge in [0.05, 0.1) is 24.1 Å². The van der Waals surface area contributed by atoms with E-state index in [4.69, 9.17) is 4.74 Å². The molecule has 0 aromatic heterocycles. The van der Waals surface area contributed by atoms with Crippen LogP contribution in [0.15, 0.2) is 53.0 Å². The Bertz CT molecular complexity index is 1020. The molecule has 0 unspecified atom stereocenters. The molecule has 0 radical (unpaired) electrons. The standard InChI is InChI=1S/C21H23BrN2O5S/c1-29-21(26)18-4-2-3-5-19(18)23-20(25)16-10-12-24(13-11-16)30(27,28)14-15-6-8-17(22)9-7-15/h2-9,16H,10-14H2,1H3,(H,23,25). The van der Waals surface area contributed by atoms with Crippen LogP contribution < -0.4 is 5.32 Å². The normalized spacial score (nSPS) is 15.5. The first-order valence-electron chi connectivity index (χ1n) is 9.50. The summed E-state index contributed by atoms with van der Waals surface area (Å²) in [7, 11) is -2.17. The molecule has 1 aliphatic rings. The van der Waals surface area contributed by atoms with Crippen LogP contribution in [0.5, 0.6) is 0 Å². The van der Waals surface area contributed by atoms with Crippen LogP contribution in [0.1, 0.15) is 28.8 Å². The van der Waals surface area contributed by atoms with E-state index in [0.717, 1.165) is 10.0 Å². The first-order valence-corrected chi connectivity index (χ1v) is 11.9. The Morgan fingerprint density at radius 1 is 1.10 bits per heavy atom. The molecule has 1 saturated heterocycles. The molecule has 0 atom stereocenters. The van der Waals surface area contributed by atoms with Crippen molar-refractivity contribution in [2.24, 2.45) is 5.92 Å². The highest BCUT2D eigenvalue weighted by molar-refractivity contribution is 9.10. The number of esters is 1. The van der Waals surface area contributed by atoms with Gasteiger partial charge in [-0.2, -0.15) is 0 Å². The number of nitrogens with one attached hydrogen (secondary N) is 1. The van der Waals surface area contributed by atoms with Gasteiger partial charge in [0.1, 0.15) is 0 Å². The van der Waals surface area contributed by atoms with E-state index in [1.165, 1.54) is 11.4 Å². The number of amides is 1. The van der Waals surface area contributed by atoms with Gasteiger partial charge in [-0.05, 0) is 42.7 Å². The van der Waals surface area contributed by atoms with Crippen molar-refractivity contribution in [2.75, 3.05) is 25.5 Å². The maximum atomic E-state index is 12.7. The van der Waals surface area contributed by atoms with Crippen LogP contribution in [0.25, 0.3) is 0 Å². The van der Waals surface area contributed by atoms with Gasteiger partial charge in [-0.3, -0.25) is 4.79 Å². The van der Waals surface area contributed by atoms with Crippen molar-refractivity contribution in [1.82, 2.24) is 4.31 Å². The number of sulfonamides is 1. The number of ether oxygens (including phenoxy) is 1. The molecule has 2 aromatic rings. The number of halogens is 1. The van der Waals surface area contributed by atoms with E-state index < -0.39 is 16.0 Å². The minimum atomic E-state index is -3.45. The van der Waals surface area contributed by atoms with Gasteiger partial charge in [-0.25, -0.2) is 17.5 Å². The van der Waals surface area contributed by atoms with Crippen molar-refractivity contribution in [3.63, 3.8) is 0 Å². The van der Waals surface area contributed by atoms with Crippen molar-refractivity contribution < 1.29 is 22.7 Å². The van der Waals surface area contributed by atoms with E-state index in [9.17, 15) is 18.0 Å². The summed E-state index contributed by atoms with van der Waals surface area (Å²) in [6.45, 7) is 0.575. The molecule has 1 aliphatic heterocycles. The third-order valence-corrected chi connectivity index (χ3v) is 7.45. The predicted octanol–water partition coefficient (Wildman–Crippen LogP) is 3.42.